The van der Waals surface area contributed by atoms with Gasteiger partial charge in [-0.15, -0.1) is 0 Å². The van der Waals surface area contributed by atoms with E-state index in [9.17, 15) is 5.11 Å². The number of rotatable bonds is 0. The van der Waals surface area contributed by atoms with Gasteiger partial charge in [0, 0.05) is 0 Å². The van der Waals surface area contributed by atoms with Crippen LogP contribution in [0.15, 0.2) is 12.2 Å². The van der Waals surface area contributed by atoms with Crippen molar-refractivity contribution >= 4 is 0 Å². The second-order valence-electron chi connectivity index (χ2n) is 4.37. The summed E-state index contributed by atoms with van der Waals surface area (Å²) in [6.45, 7) is 0. The highest BCUT2D eigenvalue weighted by atomic mass is 16.3. The van der Waals surface area contributed by atoms with Gasteiger partial charge in [0.05, 0.1) is 6.10 Å². The first-order chi connectivity index (χ1) is 5.36. The molecule has 2 saturated carbocycles. The van der Waals surface area contributed by atoms with Crippen LogP contribution in [0.5, 0.6) is 0 Å². The van der Waals surface area contributed by atoms with Crippen LogP contribution in [0.2, 0.25) is 0 Å². The average Bonchev–Trinajstić information content (AvgIpc) is 2.52. The van der Waals surface area contributed by atoms with Crippen molar-refractivity contribution < 1.29 is 5.11 Å². The van der Waals surface area contributed by atoms with Crippen molar-refractivity contribution in [3.05, 3.63) is 12.2 Å². The lowest BCUT2D eigenvalue weighted by molar-refractivity contribution is 0.0746. The number of fused-ring (bicyclic) bond motifs is 5. The summed E-state index contributed by atoms with van der Waals surface area (Å²) in [6.07, 6.45) is 8.38. The fourth-order valence-corrected chi connectivity index (χ4v) is 3.51. The predicted octanol–water partition coefficient (Wildman–Crippen LogP) is 1.58. The highest BCUT2D eigenvalue weighted by Gasteiger charge is 2.51. The Hall–Kier alpha value is -0.300. The lowest BCUT2D eigenvalue weighted by Crippen LogP contribution is -2.27. The zero-order valence-corrected chi connectivity index (χ0v) is 6.61. The molecule has 1 N–H and O–H groups in total. The molecule has 3 aliphatic carbocycles. The van der Waals surface area contributed by atoms with Crippen molar-refractivity contribution in [2.45, 2.75) is 25.4 Å². The topological polar surface area (TPSA) is 20.2 Å². The Balaban J connectivity index is 1.94. The highest BCUT2D eigenvalue weighted by molar-refractivity contribution is 5.14. The molecule has 0 amide bonds. The fourth-order valence-electron chi connectivity index (χ4n) is 3.51. The van der Waals surface area contributed by atoms with Crippen LogP contribution in [0.3, 0.4) is 0 Å². The molecule has 0 heterocycles. The van der Waals surface area contributed by atoms with Crippen LogP contribution >= 0.6 is 0 Å². The van der Waals surface area contributed by atoms with Crippen LogP contribution in [-0.4, -0.2) is 11.2 Å². The molecule has 60 valence electrons. The molecule has 3 aliphatic rings. The number of allylic oxidation sites excluding steroid dienone is 2. The van der Waals surface area contributed by atoms with Gasteiger partial charge in [0.1, 0.15) is 0 Å². The molecule has 0 spiro atoms. The van der Waals surface area contributed by atoms with E-state index in [4.69, 9.17) is 0 Å². The second kappa shape index (κ2) is 1.89. The first kappa shape index (κ1) is 6.24. The Morgan fingerprint density at radius 1 is 1.18 bits per heavy atom. The molecule has 0 saturated heterocycles. The summed E-state index contributed by atoms with van der Waals surface area (Å²) < 4.78 is 0. The molecule has 3 rings (SSSR count). The summed E-state index contributed by atoms with van der Waals surface area (Å²) in [7, 11) is 0. The van der Waals surface area contributed by atoms with Crippen LogP contribution < -0.4 is 0 Å². The largest absolute Gasteiger partial charge is 0.393 e. The quantitative estimate of drug-likeness (QED) is 0.520. The normalized spacial score (nSPS) is 58.8. The Bertz CT molecular complexity index is 209. The Labute approximate surface area is 67.1 Å². The summed E-state index contributed by atoms with van der Waals surface area (Å²) in [5.41, 5.74) is 0. The molecular formula is C10H14O. The highest BCUT2D eigenvalue weighted by Crippen LogP contribution is 2.56. The van der Waals surface area contributed by atoms with E-state index in [-0.39, 0.29) is 6.10 Å². The van der Waals surface area contributed by atoms with Gasteiger partial charge in [-0.1, -0.05) is 12.2 Å². The molecule has 0 aromatic heterocycles. The Morgan fingerprint density at radius 3 is 3.00 bits per heavy atom. The van der Waals surface area contributed by atoms with Gasteiger partial charge in [-0.05, 0) is 42.9 Å². The van der Waals surface area contributed by atoms with Gasteiger partial charge < -0.3 is 5.11 Å². The Kier molecular flexibility index (Phi) is 1.07. The average molecular weight is 150 g/mol. The lowest BCUT2D eigenvalue weighted by atomic mass is 9.80. The molecule has 0 aromatic rings. The first-order valence-corrected chi connectivity index (χ1v) is 4.71. The van der Waals surface area contributed by atoms with Crippen molar-refractivity contribution in [1.29, 1.82) is 0 Å². The van der Waals surface area contributed by atoms with Crippen molar-refractivity contribution in [2.75, 3.05) is 0 Å². The maximum Gasteiger partial charge on any atom is 0.0577 e. The summed E-state index contributed by atoms with van der Waals surface area (Å²) in [5, 5.41) is 9.63. The van der Waals surface area contributed by atoms with E-state index in [2.05, 4.69) is 12.2 Å². The van der Waals surface area contributed by atoms with Gasteiger partial charge in [0.15, 0.2) is 0 Å². The molecule has 1 nitrogen and oxygen atoms in total. The van der Waals surface area contributed by atoms with Crippen LogP contribution in [0.25, 0.3) is 0 Å². The van der Waals surface area contributed by atoms with E-state index in [1.807, 2.05) is 0 Å². The minimum Gasteiger partial charge on any atom is -0.393 e. The minimum absolute atomic E-state index is 0.0315. The molecule has 5 unspecified atom stereocenters. The van der Waals surface area contributed by atoms with E-state index < -0.39 is 0 Å². The van der Waals surface area contributed by atoms with Crippen molar-refractivity contribution in [1.82, 2.24) is 0 Å². The molecule has 0 radical (unpaired) electrons. The molecule has 0 aliphatic heterocycles. The number of hydrogen-bond donors (Lipinski definition) is 1. The number of aliphatic hydroxyl groups is 1. The van der Waals surface area contributed by atoms with Gasteiger partial charge in [-0.25, -0.2) is 0 Å². The number of aliphatic hydroxyl groups excluding tert-OH is 1. The van der Waals surface area contributed by atoms with E-state index in [0.29, 0.717) is 5.92 Å². The summed E-state index contributed by atoms with van der Waals surface area (Å²) in [4.78, 5) is 0. The van der Waals surface area contributed by atoms with Crippen molar-refractivity contribution in [2.24, 2.45) is 23.7 Å². The number of hydrogen-bond acceptors (Lipinski definition) is 1. The van der Waals surface area contributed by atoms with Crippen LogP contribution in [0.1, 0.15) is 19.3 Å². The SMILES string of the molecule is OC1CC2CC1C1C=CCC21. The summed E-state index contributed by atoms with van der Waals surface area (Å²) in [6, 6.07) is 0. The molecule has 5 atom stereocenters. The molecule has 11 heavy (non-hydrogen) atoms. The molecule has 0 aromatic carbocycles. The van der Waals surface area contributed by atoms with Gasteiger partial charge in [-0.3, -0.25) is 0 Å². The molecule has 2 bridgehead atoms. The van der Waals surface area contributed by atoms with Gasteiger partial charge in [-0.2, -0.15) is 0 Å². The monoisotopic (exact) mass is 150 g/mol. The Morgan fingerprint density at radius 2 is 2.09 bits per heavy atom. The van der Waals surface area contributed by atoms with E-state index in [1.165, 1.54) is 12.8 Å². The summed E-state index contributed by atoms with van der Waals surface area (Å²) in [5.74, 6) is 3.16. The van der Waals surface area contributed by atoms with E-state index in [0.717, 1.165) is 24.2 Å². The minimum atomic E-state index is 0.0315. The van der Waals surface area contributed by atoms with Gasteiger partial charge in [0.25, 0.3) is 0 Å². The van der Waals surface area contributed by atoms with E-state index in [1.54, 1.807) is 0 Å². The van der Waals surface area contributed by atoms with Crippen LogP contribution in [0, 0.1) is 23.7 Å². The maximum absolute atomic E-state index is 9.63. The summed E-state index contributed by atoms with van der Waals surface area (Å²) >= 11 is 0. The van der Waals surface area contributed by atoms with Gasteiger partial charge >= 0.3 is 0 Å². The van der Waals surface area contributed by atoms with Crippen molar-refractivity contribution in [3.63, 3.8) is 0 Å². The lowest BCUT2D eigenvalue weighted by Gasteiger charge is -2.27. The van der Waals surface area contributed by atoms with Crippen LogP contribution in [-0.2, 0) is 0 Å². The molecule has 2 fully saturated rings. The molecule has 1 heteroatoms. The fraction of sp³-hybridized carbons (Fsp3) is 0.800. The predicted molar refractivity (Wildman–Crippen MR) is 43.0 cm³/mol. The maximum atomic E-state index is 9.63. The third-order valence-electron chi connectivity index (χ3n) is 3.97. The zero-order valence-electron chi connectivity index (χ0n) is 6.61. The van der Waals surface area contributed by atoms with Crippen molar-refractivity contribution in [3.8, 4) is 0 Å². The van der Waals surface area contributed by atoms with Crippen LogP contribution in [0.4, 0.5) is 0 Å². The second-order valence-corrected chi connectivity index (χ2v) is 4.37. The standard InChI is InChI=1S/C10H14O/c11-10-5-6-4-9(10)8-3-1-2-7(6)8/h1,3,6-11H,2,4-5H2. The van der Waals surface area contributed by atoms with Gasteiger partial charge in [0.2, 0.25) is 0 Å². The van der Waals surface area contributed by atoms with E-state index >= 15 is 0 Å². The molecular weight excluding hydrogens is 136 g/mol. The zero-order chi connectivity index (χ0) is 7.42. The smallest absolute Gasteiger partial charge is 0.0577 e. The third-order valence-corrected chi connectivity index (χ3v) is 3.97. The first-order valence-electron chi connectivity index (χ1n) is 4.71. The third kappa shape index (κ3) is 0.652.